The van der Waals surface area contributed by atoms with E-state index in [0.717, 1.165) is 22.4 Å². The zero-order chi connectivity index (χ0) is 30.5. The van der Waals surface area contributed by atoms with E-state index in [1.54, 1.807) is 6.07 Å². The number of carbonyl (C=O) groups excluding carboxylic acids is 2. The second-order valence-corrected chi connectivity index (χ2v) is 10.2. The summed E-state index contributed by atoms with van der Waals surface area (Å²) in [5.74, 6) is -4.84. The number of ketones is 1. The number of amides is 1. The SMILES string of the molecule is O=C(/C=C(\O)c1cc(Cc2c(F)cccc2F)cn(Cc2ccccc2F)c1=O)C(=O)N1CCN(c2ccccc2)CC1. The molecule has 5 rings (SSSR count). The summed E-state index contributed by atoms with van der Waals surface area (Å²) in [6, 6.07) is 20.0. The standard InChI is InChI=1S/C33H28F3N3O4/c34-27-10-5-4-7-23(27)21-39-20-22(17-25-28(35)11-6-12-29(25)36)18-26(32(39)42)30(40)19-31(41)33(43)38-15-13-37(14-16-38)24-8-2-1-3-9-24/h1-12,18-20,40H,13-17,21H2/b30-19-. The van der Waals surface area contributed by atoms with Gasteiger partial charge in [0.1, 0.15) is 23.2 Å². The predicted molar refractivity (Wildman–Crippen MR) is 156 cm³/mol. The summed E-state index contributed by atoms with van der Waals surface area (Å²) in [6.07, 6.45) is 1.69. The molecule has 3 aromatic carbocycles. The zero-order valence-electron chi connectivity index (χ0n) is 23.1. The highest BCUT2D eigenvalue weighted by molar-refractivity contribution is 6.41. The van der Waals surface area contributed by atoms with Crippen molar-refractivity contribution in [2.24, 2.45) is 0 Å². The van der Waals surface area contributed by atoms with Crippen molar-refractivity contribution in [3.8, 4) is 0 Å². The molecule has 1 saturated heterocycles. The summed E-state index contributed by atoms with van der Waals surface area (Å²) in [4.78, 5) is 42.6. The first-order valence-corrected chi connectivity index (χ1v) is 13.6. The number of halogens is 3. The number of para-hydroxylation sites is 1. The molecule has 1 N–H and O–H groups in total. The lowest BCUT2D eigenvalue weighted by Crippen LogP contribution is -2.50. The molecule has 1 aliphatic rings. The molecular formula is C33H28F3N3O4. The van der Waals surface area contributed by atoms with Crippen LogP contribution >= 0.6 is 0 Å². The van der Waals surface area contributed by atoms with Gasteiger partial charge in [0, 0.05) is 61.7 Å². The zero-order valence-corrected chi connectivity index (χ0v) is 23.1. The second kappa shape index (κ2) is 12.8. The van der Waals surface area contributed by atoms with E-state index >= 15 is 0 Å². The summed E-state index contributed by atoms with van der Waals surface area (Å²) >= 11 is 0. The van der Waals surface area contributed by atoms with Gasteiger partial charge in [-0.2, -0.15) is 0 Å². The molecule has 7 nitrogen and oxygen atoms in total. The Kier molecular flexibility index (Phi) is 8.75. The fourth-order valence-corrected chi connectivity index (χ4v) is 5.04. The Bertz CT molecular complexity index is 1730. The van der Waals surface area contributed by atoms with Gasteiger partial charge in [-0.15, -0.1) is 0 Å². The highest BCUT2D eigenvalue weighted by Crippen LogP contribution is 2.20. The molecule has 0 bridgehead atoms. The number of pyridine rings is 1. The quantitative estimate of drug-likeness (QED) is 0.183. The first kappa shape index (κ1) is 29.4. The molecule has 0 saturated carbocycles. The molecule has 0 aliphatic carbocycles. The van der Waals surface area contributed by atoms with Crippen LogP contribution in [0.25, 0.3) is 5.76 Å². The van der Waals surface area contributed by atoms with Crippen LogP contribution in [0.5, 0.6) is 0 Å². The number of benzene rings is 3. The Hall–Kier alpha value is -5.12. The number of nitrogens with zero attached hydrogens (tertiary/aromatic N) is 3. The first-order chi connectivity index (χ1) is 20.7. The van der Waals surface area contributed by atoms with E-state index in [4.69, 9.17) is 0 Å². The third-order valence-corrected chi connectivity index (χ3v) is 7.33. The van der Waals surface area contributed by atoms with Crippen LogP contribution in [0.15, 0.2) is 95.9 Å². The average Bonchev–Trinajstić information content (AvgIpc) is 3.01. The molecule has 0 atom stereocenters. The van der Waals surface area contributed by atoms with E-state index in [2.05, 4.69) is 4.90 Å². The van der Waals surface area contributed by atoms with E-state index in [0.29, 0.717) is 19.2 Å². The minimum atomic E-state index is -1.03. The van der Waals surface area contributed by atoms with E-state index in [-0.39, 0.29) is 48.3 Å². The van der Waals surface area contributed by atoms with Gasteiger partial charge in [0.05, 0.1) is 12.1 Å². The fraction of sp³-hybridized carbons (Fsp3) is 0.182. The van der Waals surface area contributed by atoms with Crippen molar-refractivity contribution in [3.63, 3.8) is 0 Å². The monoisotopic (exact) mass is 587 g/mol. The largest absolute Gasteiger partial charge is 0.507 e. The predicted octanol–water partition coefficient (Wildman–Crippen LogP) is 4.72. The van der Waals surface area contributed by atoms with Crippen LogP contribution in [0, 0.1) is 17.5 Å². The Morgan fingerprint density at radius 3 is 2.12 bits per heavy atom. The number of carbonyl (C=O) groups is 2. The van der Waals surface area contributed by atoms with Gasteiger partial charge in [-0.1, -0.05) is 42.5 Å². The third-order valence-electron chi connectivity index (χ3n) is 7.33. The Morgan fingerprint density at radius 2 is 1.44 bits per heavy atom. The molecule has 220 valence electrons. The number of rotatable bonds is 8. The van der Waals surface area contributed by atoms with Crippen molar-refractivity contribution in [3.05, 3.63) is 141 Å². The molecule has 2 heterocycles. The highest BCUT2D eigenvalue weighted by atomic mass is 19.1. The van der Waals surface area contributed by atoms with Crippen molar-refractivity contribution < 1.29 is 27.9 Å². The average molecular weight is 588 g/mol. The third kappa shape index (κ3) is 6.69. The van der Waals surface area contributed by atoms with Gasteiger partial charge < -0.3 is 19.5 Å². The van der Waals surface area contributed by atoms with E-state index in [1.165, 1.54) is 41.4 Å². The summed E-state index contributed by atoms with van der Waals surface area (Å²) in [7, 11) is 0. The van der Waals surface area contributed by atoms with Crippen molar-refractivity contribution in [1.29, 1.82) is 0 Å². The van der Waals surface area contributed by atoms with Gasteiger partial charge >= 0.3 is 0 Å². The first-order valence-electron chi connectivity index (χ1n) is 13.6. The van der Waals surface area contributed by atoms with Crippen LogP contribution in [0.4, 0.5) is 18.9 Å². The number of anilines is 1. The Morgan fingerprint density at radius 1 is 0.814 bits per heavy atom. The lowest BCUT2D eigenvalue weighted by Gasteiger charge is -2.35. The molecule has 1 aliphatic heterocycles. The molecule has 0 radical (unpaired) electrons. The van der Waals surface area contributed by atoms with Gasteiger partial charge in [-0.05, 0) is 42.0 Å². The number of aliphatic hydroxyl groups is 1. The van der Waals surface area contributed by atoms with Crippen LogP contribution < -0.4 is 10.5 Å². The lowest BCUT2D eigenvalue weighted by molar-refractivity contribution is -0.142. The van der Waals surface area contributed by atoms with Crippen LogP contribution in [0.2, 0.25) is 0 Å². The summed E-state index contributed by atoms with van der Waals surface area (Å²) < 4.78 is 44.3. The van der Waals surface area contributed by atoms with Crippen LogP contribution in [0.1, 0.15) is 22.3 Å². The molecule has 1 fully saturated rings. The maximum Gasteiger partial charge on any atom is 0.294 e. The van der Waals surface area contributed by atoms with Gasteiger partial charge in [-0.25, -0.2) is 13.2 Å². The van der Waals surface area contributed by atoms with Crippen LogP contribution in [-0.2, 0) is 22.6 Å². The Labute approximate surface area is 245 Å². The van der Waals surface area contributed by atoms with Gasteiger partial charge in [0.2, 0.25) is 5.78 Å². The maximum absolute atomic E-state index is 14.4. The van der Waals surface area contributed by atoms with E-state index in [1.807, 2.05) is 30.3 Å². The number of hydrogen-bond donors (Lipinski definition) is 1. The number of piperazine rings is 1. The number of aliphatic hydroxyl groups excluding tert-OH is 1. The molecule has 43 heavy (non-hydrogen) atoms. The highest BCUT2D eigenvalue weighted by Gasteiger charge is 2.26. The maximum atomic E-state index is 14.4. The normalized spacial score (nSPS) is 13.7. The summed E-state index contributed by atoms with van der Waals surface area (Å²) in [6.45, 7) is 1.33. The number of aromatic nitrogens is 1. The molecule has 4 aromatic rings. The minimum Gasteiger partial charge on any atom is -0.507 e. The molecular weight excluding hydrogens is 559 g/mol. The molecule has 10 heteroatoms. The lowest BCUT2D eigenvalue weighted by atomic mass is 10.0. The second-order valence-electron chi connectivity index (χ2n) is 10.2. The smallest absolute Gasteiger partial charge is 0.294 e. The molecule has 1 amide bonds. The summed E-state index contributed by atoms with van der Waals surface area (Å²) in [5.41, 5.74) is -0.0545. The Balaban J connectivity index is 1.41. The molecule has 1 aromatic heterocycles. The van der Waals surface area contributed by atoms with Crippen molar-refractivity contribution in [1.82, 2.24) is 9.47 Å². The van der Waals surface area contributed by atoms with E-state index < -0.39 is 40.5 Å². The minimum absolute atomic E-state index is 0.161. The number of hydrogen-bond acceptors (Lipinski definition) is 5. The van der Waals surface area contributed by atoms with Gasteiger partial charge in [-0.3, -0.25) is 14.4 Å². The molecule has 0 spiro atoms. The van der Waals surface area contributed by atoms with Crippen LogP contribution in [0.3, 0.4) is 0 Å². The molecule has 0 unspecified atom stereocenters. The summed E-state index contributed by atoms with van der Waals surface area (Å²) in [5, 5.41) is 10.9. The van der Waals surface area contributed by atoms with Crippen molar-refractivity contribution >= 4 is 23.1 Å². The van der Waals surface area contributed by atoms with Gasteiger partial charge in [0.25, 0.3) is 11.5 Å². The topological polar surface area (TPSA) is 82.8 Å². The van der Waals surface area contributed by atoms with E-state index in [9.17, 15) is 32.7 Å². The van der Waals surface area contributed by atoms with Crippen LogP contribution in [-0.4, -0.2) is 52.4 Å². The fourth-order valence-electron chi connectivity index (χ4n) is 5.04. The van der Waals surface area contributed by atoms with Gasteiger partial charge in [0.15, 0.2) is 0 Å². The van der Waals surface area contributed by atoms with Crippen molar-refractivity contribution in [2.45, 2.75) is 13.0 Å². The van der Waals surface area contributed by atoms with Crippen molar-refractivity contribution in [2.75, 3.05) is 31.1 Å².